The number of aliphatic carboxylic acids is 1. The Morgan fingerprint density at radius 2 is 1.71 bits per heavy atom. The summed E-state index contributed by atoms with van der Waals surface area (Å²) >= 11 is 0. The summed E-state index contributed by atoms with van der Waals surface area (Å²) in [6.45, 7) is 0. The molecule has 0 aromatic heterocycles. The molecule has 3 fully saturated rings. The number of alkyl halides is 3. The Kier molecular flexibility index (Phi) is 9.02. The maximum absolute atomic E-state index is 15.0. The summed E-state index contributed by atoms with van der Waals surface area (Å²) in [4.78, 5) is 37.4. The number of ether oxygens (including phenoxy) is 2. The average molecular weight is 657 g/mol. The molecule has 0 spiro atoms. The second-order valence-corrected chi connectivity index (χ2v) is 13.7. The lowest BCUT2D eigenvalue weighted by Crippen LogP contribution is -2.48. The minimum Gasteiger partial charge on any atom is -0.496 e. The molecule has 0 heterocycles. The SMILES string of the molecule is COc1cc(F)c(O[C@@H]2CCC[C@@H](C(=O)O)C2)cc1C(=O)N[C@@H]1[C@H]2CC[C@H](C2)[C@@H]1C(=O)Nc1cccc(S(=O)(=O)C(F)(F)F)c1. The lowest BCUT2D eigenvalue weighted by Gasteiger charge is -2.31. The van der Waals surface area contributed by atoms with Gasteiger partial charge < -0.3 is 25.2 Å². The molecule has 5 rings (SSSR count). The van der Waals surface area contributed by atoms with Crippen LogP contribution in [0.15, 0.2) is 41.3 Å². The Morgan fingerprint density at radius 3 is 2.40 bits per heavy atom. The van der Waals surface area contributed by atoms with Gasteiger partial charge in [-0.2, -0.15) is 13.2 Å². The van der Waals surface area contributed by atoms with Crippen LogP contribution in [0.3, 0.4) is 0 Å². The molecule has 3 N–H and O–H groups in total. The monoisotopic (exact) mass is 656 g/mol. The number of fused-ring (bicyclic) bond motifs is 2. The molecule has 10 nitrogen and oxygen atoms in total. The van der Waals surface area contributed by atoms with E-state index in [-0.39, 0.29) is 41.0 Å². The quantitative estimate of drug-likeness (QED) is 0.322. The fourth-order valence-corrected chi connectivity index (χ4v) is 7.64. The molecule has 6 atom stereocenters. The molecule has 0 unspecified atom stereocenters. The van der Waals surface area contributed by atoms with Crippen LogP contribution in [-0.4, -0.2) is 56.1 Å². The highest BCUT2D eigenvalue weighted by Crippen LogP contribution is 2.49. The highest BCUT2D eigenvalue weighted by Gasteiger charge is 2.52. The van der Waals surface area contributed by atoms with Crippen LogP contribution in [0.4, 0.5) is 23.2 Å². The lowest BCUT2D eigenvalue weighted by atomic mass is 9.83. The van der Waals surface area contributed by atoms with Crippen molar-refractivity contribution in [2.24, 2.45) is 23.7 Å². The first-order valence-electron chi connectivity index (χ1n) is 14.5. The zero-order chi connectivity index (χ0) is 32.7. The number of hydrogen-bond acceptors (Lipinski definition) is 7. The summed E-state index contributed by atoms with van der Waals surface area (Å²) in [7, 11) is -4.38. The van der Waals surface area contributed by atoms with Gasteiger partial charge in [0.1, 0.15) is 5.75 Å². The van der Waals surface area contributed by atoms with E-state index in [0.29, 0.717) is 32.1 Å². The van der Waals surface area contributed by atoms with Crippen molar-refractivity contribution in [1.29, 1.82) is 0 Å². The van der Waals surface area contributed by atoms with E-state index in [1.165, 1.54) is 19.2 Å². The number of benzene rings is 2. The molecule has 2 aromatic carbocycles. The van der Waals surface area contributed by atoms with Crippen molar-refractivity contribution in [2.75, 3.05) is 12.4 Å². The Balaban J connectivity index is 1.34. The van der Waals surface area contributed by atoms with Gasteiger partial charge in [-0.15, -0.1) is 0 Å². The average Bonchev–Trinajstić information content (AvgIpc) is 3.59. The number of carboxylic acid groups (broad SMARTS) is 1. The van der Waals surface area contributed by atoms with Crippen molar-refractivity contribution in [3.8, 4) is 11.5 Å². The summed E-state index contributed by atoms with van der Waals surface area (Å²) in [6, 6.07) is 5.38. The summed E-state index contributed by atoms with van der Waals surface area (Å²) in [5.74, 6) is -4.95. The van der Waals surface area contributed by atoms with Crippen LogP contribution >= 0.6 is 0 Å². The number of nitrogens with one attached hydrogen (secondary N) is 2. The molecule has 2 aromatic rings. The third-order valence-electron chi connectivity index (χ3n) is 9.00. The van der Waals surface area contributed by atoms with Gasteiger partial charge in [0.15, 0.2) is 11.6 Å². The summed E-state index contributed by atoms with van der Waals surface area (Å²) < 4.78 is 88.9. The van der Waals surface area contributed by atoms with Gasteiger partial charge in [-0.1, -0.05) is 6.07 Å². The number of hydrogen-bond donors (Lipinski definition) is 3. The number of carbonyl (C=O) groups is 3. The van der Waals surface area contributed by atoms with Gasteiger partial charge in [0, 0.05) is 17.8 Å². The van der Waals surface area contributed by atoms with Crippen molar-refractivity contribution in [3.05, 3.63) is 47.8 Å². The maximum Gasteiger partial charge on any atom is 0.501 e. The number of carboxylic acids is 1. The van der Waals surface area contributed by atoms with Gasteiger partial charge in [0.2, 0.25) is 5.91 Å². The molecule has 2 bridgehead atoms. The van der Waals surface area contributed by atoms with E-state index in [1.54, 1.807) is 0 Å². The second-order valence-electron chi connectivity index (χ2n) is 11.7. The van der Waals surface area contributed by atoms with Gasteiger partial charge in [-0.05, 0) is 81.0 Å². The zero-order valence-electron chi connectivity index (χ0n) is 24.1. The Morgan fingerprint density at radius 1 is 0.978 bits per heavy atom. The molecular weight excluding hydrogens is 624 g/mol. The number of amides is 2. The summed E-state index contributed by atoms with van der Waals surface area (Å²) in [6.07, 6.45) is 3.25. The van der Waals surface area contributed by atoms with Crippen LogP contribution in [-0.2, 0) is 19.4 Å². The van der Waals surface area contributed by atoms with Crippen LogP contribution in [0.25, 0.3) is 0 Å². The van der Waals surface area contributed by atoms with Crippen molar-refractivity contribution >= 4 is 33.3 Å². The van der Waals surface area contributed by atoms with Crippen molar-refractivity contribution < 1.29 is 54.9 Å². The predicted molar refractivity (Wildman–Crippen MR) is 151 cm³/mol. The summed E-state index contributed by atoms with van der Waals surface area (Å²) in [5, 5.41) is 14.7. The molecule has 0 saturated heterocycles. The molecule has 15 heteroatoms. The molecule has 3 saturated carbocycles. The smallest absolute Gasteiger partial charge is 0.496 e. The second kappa shape index (κ2) is 12.5. The van der Waals surface area contributed by atoms with E-state index in [1.807, 2.05) is 0 Å². The molecule has 0 radical (unpaired) electrons. The normalized spacial score (nSPS) is 26.2. The Hall–Kier alpha value is -3.88. The Labute approximate surface area is 256 Å². The molecule has 0 aliphatic heterocycles. The van der Waals surface area contributed by atoms with Crippen LogP contribution in [0, 0.1) is 29.5 Å². The minimum atomic E-state index is -5.63. The van der Waals surface area contributed by atoms with Crippen LogP contribution < -0.4 is 20.1 Å². The van der Waals surface area contributed by atoms with Crippen molar-refractivity contribution in [2.45, 2.75) is 67.5 Å². The van der Waals surface area contributed by atoms with E-state index < -0.39 is 67.8 Å². The number of anilines is 1. The van der Waals surface area contributed by atoms with Gasteiger partial charge in [0.05, 0.1) is 35.5 Å². The Bertz CT molecular complexity index is 1600. The topological polar surface area (TPSA) is 148 Å². The van der Waals surface area contributed by atoms with Gasteiger partial charge in [0.25, 0.3) is 15.7 Å². The molecule has 2 amide bonds. The van der Waals surface area contributed by atoms with E-state index in [2.05, 4.69) is 10.6 Å². The summed E-state index contributed by atoms with van der Waals surface area (Å²) in [5.41, 5.74) is -5.72. The standard InChI is InChI=1S/C30H32F4N2O8S/c1-43-23-14-22(31)24(44-19-6-2-4-17(11-19)29(39)40)13-21(23)27(37)36-26-16-9-8-15(10-16)25(26)28(38)35-18-5-3-7-20(12-18)45(41,42)30(32,33)34/h3,5,7,12-17,19,25-26H,2,4,6,8-11H2,1H3,(H,35,38)(H,36,37)(H,39,40)/t15-,16+,17-,19-,25+,26-/m1/s1. The largest absolute Gasteiger partial charge is 0.501 e. The van der Waals surface area contributed by atoms with Crippen LogP contribution in [0.1, 0.15) is 55.3 Å². The fraction of sp³-hybridized carbons (Fsp3) is 0.500. The van der Waals surface area contributed by atoms with Crippen LogP contribution in [0.5, 0.6) is 11.5 Å². The highest BCUT2D eigenvalue weighted by molar-refractivity contribution is 7.92. The predicted octanol–water partition coefficient (Wildman–Crippen LogP) is 4.93. The number of halogens is 4. The zero-order valence-corrected chi connectivity index (χ0v) is 24.9. The molecular formula is C30H32F4N2O8S. The number of sulfone groups is 1. The first-order chi connectivity index (χ1) is 21.2. The minimum absolute atomic E-state index is 0.0634. The molecule has 3 aliphatic carbocycles. The van der Waals surface area contributed by atoms with E-state index in [9.17, 15) is 45.5 Å². The van der Waals surface area contributed by atoms with Gasteiger partial charge >= 0.3 is 11.5 Å². The lowest BCUT2D eigenvalue weighted by molar-refractivity contribution is -0.143. The number of carbonyl (C=O) groups excluding carboxylic acids is 2. The first-order valence-corrected chi connectivity index (χ1v) is 16.0. The third-order valence-corrected chi connectivity index (χ3v) is 10.5. The van der Waals surface area contributed by atoms with Crippen LogP contribution in [0.2, 0.25) is 0 Å². The highest BCUT2D eigenvalue weighted by atomic mass is 32.2. The molecule has 244 valence electrons. The fourth-order valence-electron chi connectivity index (χ4n) is 6.83. The van der Waals surface area contributed by atoms with Crippen molar-refractivity contribution in [3.63, 3.8) is 0 Å². The van der Waals surface area contributed by atoms with Gasteiger partial charge in [-0.3, -0.25) is 14.4 Å². The van der Waals surface area contributed by atoms with E-state index >= 15 is 0 Å². The first kappa shape index (κ1) is 32.5. The third kappa shape index (κ3) is 6.58. The number of methoxy groups -OCH3 is 1. The van der Waals surface area contributed by atoms with Crippen molar-refractivity contribution in [1.82, 2.24) is 5.32 Å². The van der Waals surface area contributed by atoms with E-state index in [4.69, 9.17) is 9.47 Å². The van der Waals surface area contributed by atoms with E-state index in [0.717, 1.165) is 30.7 Å². The maximum atomic E-state index is 15.0. The molecule has 3 aliphatic rings. The molecule has 45 heavy (non-hydrogen) atoms. The van der Waals surface area contributed by atoms with Gasteiger partial charge in [-0.25, -0.2) is 12.8 Å². The number of rotatable bonds is 9.